The molecule has 2 aromatic carbocycles. The molecule has 1 unspecified atom stereocenters. The molecule has 132 valence electrons. The molecule has 0 fully saturated rings. The van der Waals surface area contributed by atoms with E-state index in [2.05, 4.69) is 13.5 Å². The van der Waals surface area contributed by atoms with Crippen molar-refractivity contribution >= 4 is 22.7 Å². The smallest absolute Gasteiger partial charge is 0.335 e. The molecule has 0 heterocycles. The summed E-state index contributed by atoms with van der Waals surface area (Å²) >= 11 is 0. The number of carbonyl (C=O) groups is 2. The molecule has 0 aliphatic heterocycles. The first-order chi connectivity index (χ1) is 12.0. The third kappa shape index (κ3) is 5.08. The van der Waals surface area contributed by atoms with E-state index < -0.39 is 11.9 Å². The minimum absolute atomic E-state index is 0.227. The van der Waals surface area contributed by atoms with Gasteiger partial charge in [-0.3, -0.25) is 0 Å². The summed E-state index contributed by atoms with van der Waals surface area (Å²) in [5, 5.41) is 10.7. The van der Waals surface area contributed by atoms with Crippen molar-refractivity contribution in [2.45, 2.75) is 32.3 Å². The largest absolute Gasteiger partial charge is 0.489 e. The van der Waals surface area contributed by atoms with Crippen LogP contribution < -0.4 is 4.74 Å². The van der Waals surface area contributed by atoms with E-state index in [1.807, 2.05) is 12.1 Å². The Balaban J connectivity index is 2.15. The molecule has 0 aromatic heterocycles. The predicted molar refractivity (Wildman–Crippen MR) is 96.0 cm³/mol. The van der Waals surface area contributed by atoms with E-state index >= 15 is 0 Å². The van der Waals surface area contributed by atoms with Crippen molar-refractivity contribution in [3.8, 4) is 5.75 Å². The molecule has 25 heavy (non-hydrogen) atoms. The van der Waals surface area contributed by atoms with Crippen LogP contribution in [0.15, 0.2) is 49.1 Å². The van der Waals surface area contributed by atoms with Crippen LogP contribution in [0.25, 0.3) is 10.8 Å². The summed E-state index contributed by atoms with van der Waals surface area (Å²) in [4.78, 5) is 22.5. The van der Waals surface area contributed by atoms with E-state index in [0.29, 0.717) is 12.2 Å². The fourth-order valence-electron chi connectivity index (χ4n) is 2.52. The molecule has 0 radical (unpaired) electrons. The van der Waals surface area contributed by atoms with Crippen molar-refractivity contribution in [2.75, 3.05) is 6.61 Å². The molecule has 2 rings (SSSR count). The maximum Gasteiger partial charge on any atom is 0.335 e. The standard InChI is InChI=1S/C20H22O5/c1-3-5-8-16(25-19(21)4-2)13-24-18-9-6-7-14-12-15(20(22)23)10-11-17(14)18/h4,6-7,9-12,16H,2-3,5,8,13H2,1H3,(H,22,23). The molecule has 0 aliphatic rings. The number of unbranched alkanes of at least 4 members (excludes halogenated alkanes) is 1. The summed E-state index contributed by atoms with van der Waals surface area (Å²) in [5.74, 6) is -0.802. The lowest BCUT2D eigenvalue weighted by molar-refractivity contribution is -0.144. The fraction of sp³-hybridized carbons (Fsp3) is 0.300. The number of benzene rings is 2. The number of aromatic carboxylic acids is 1. The van der Waals surface area contributed by atoms with Gasteiger partial charge in [0.2, 0.25) is 0 Å². The number of hydrogen-bond donors (Lipinski definition) is 1. The monoisotopic (exact) mass is 342 g/mol. The first-order valence-electron chi connectivity index (χ1n) is 8.27. The van der Waals surface area contributed by atoms with E-state index in [4.69, 9.17) is 14.6 Å². The number of fused-ring (bicyclic) bond motifs is 1. The average molecular weight is 342 g/mol. The molecular weight excluding hydrogens is 320 g/mol. The quantitative estimate of drug-likeness (QED) is 0.546. The summed E-state index contributed by atoms with van der Waals surface area (Å²) in [6.45, 7) is 5.72. The molecule has 0 aliphatic carbocycles. The fourth-order valence-corrected chi connectivity index (χ4v) is 2.52. The van der Waals surface area contributed by atoms with Crippen LogP contribution in [0.2, 0.25) is 0 Å². The number of rotatable bonds is 9. The summed E-state index contributed by atoms with van der Waals surface area (Å²) in [6, 6.07) is 10.3. The second kappa shape index (κ2) is 8.87. The molecule has 0 saturated carbocycles. The van der Waals surface area contributed by atoms with Crippen molar-refractivity contribution in [3.05, 3.63) is 54.6 Å². The Morgan fingerprint density at radius 3 is 2.76 bits per heavy atom. The second-order valence-electron chi connectivity index (χ2n) is 5.71. The van der Waals surface area contributed by atoms with Gasteiger partial charge in [-0.1, -0.05) is 32.1 Å². The molecule has 1 N–H and O–H groups in total. The normalized spacial score (nSPS) is 11.7. The number of carbonyl (C=O) groups excluding carboxylic acids is 1. The Labute approximate surface area is 146 Å². The first kappa shape index (κ1) is 18.5. The minimum atomic E-state index is -0.968. The van der Waals surface area contributed by atoms with E-state index in [-0.39, 0.29) is 18.3 Å². The lowest BCUT2D eigenvalue weighted by Crippen LogP contribution is -2.24. The van der Waals surface area contributed by atoms with Crippen LogP contribution in [0.4, 0.5) is 0 Å². The lowest BCUT2D eigenvalue weighted by Gasteiger charge is -2.18. The minimum Gasteiger partial charge on any atom is -0.489 e. The molecule has 5 heteroatoms. The van der Waals surface area contributed by atoms with Gasteiger partial charge < -0.3 is 14.6 Å². The Hall–Kier alpha value is -2.82. The molecule has 0 amide bonds. The van der Waals surface area contributed by atoms with Gasteiger partial charge in [0.05, 0.1) is 5.56 Å². The highest BCUT2D eigenvalue weighted by Crippen LogP contribution is 2.27. The van der Waals surface area contributed by atoms with Crippen molar-refractivity contribution in [1.29, 1.82) is 0 Å². The zero-order valence-corrected chi connectivity index (χ0v) is 14.2. The number of hydrogen-bond acceptors (Lipinski definition) is 4. The zero-order chi connectivity index (χ0) is 18.2. The van der Waals surface area contributed by atoms with Crippen LogP contribution in [0, 0.1) is 0 Å². The van der Waals surface area contributed by atoms with Gasteiger partial charge in [-0.2, -0.15) is 0 Å². The van der Waals surface area contributed by atoms with Gasteiger partial charge in [0.15, 0.2) is 0 Å². The third-order valence-electron chi connectivity index (χ3n) is 3.84. The number of ether oxygens (including phenoxy) is 2. The molecule has 1 atom stereocenters. The van der Waals surface area contributed by atoms with Crippen LogP contribution in [-0.2, 0) is 9.53 Å². The molecule has 0 saturated heterocycles. The van der Waals surface area contributed by atoms with Gasteiger partial charge in [-0.15, -0.1) is 0 Å². The Morgan fingerprint density at radius 1 is 1.28 bits per heavy atom. The van der Waals surface area contributed by atoms with Crippen molar-refractivity contribution < 1.29 is 24.2 Å². The number of carboxylic acids is 1. The van der Waals surface area contributed by atoms with Gasteiger partial charge >= 0.3 is 11.9 Å². The van der Waals surface area contributed by atoms with Crippen molar-refractivity contribution in [2.24, 2.45) is 0 Å². The third-order valence-corrected chi connectivity index (χ3v) is 3.84. The molecule has 0 spiro atoms. The van der Waals surface area contributed by atoms with Crippen LogP contribution in [0.3, 0.4) is 0 Å². The number of carboxylic acid groups (broad SMARTS) is 1. The van der Waals surface area contributed by atoms with Crippen LogP contribution >= 0.6 is 0 Å². The summed E-state index contributed by atoms with van der Waals surface area (Å²) < 4.78 is 11.2. The SMILES string of the molecule is C=CC(=O)OC(CCCC)COc1cccc2cc(C(=O)O)ccc12. The van der Waals surface area contributed by atoms with Gasteiger partial charge in [-0.05, 0) is 42.5 Å². The first-order valence-corrected chi connectivity index (χ1v) is 8.27. The molecule has 2 aromatic rings. The van der Waals surface area contributed by atoms with Crippen molar-refractivity contribution in [1.82, 2.24) is 0 Å². The summed E-state index contributed by atoms with van der Waals surface area (Å²) in [5.41, 5.74) is 0.227. The van der Waals surface area contributed by atoms with Crippen LogP contribution in [0.1, 0.15) is 36.5 Å². The average Bonchev–Trinajstić information content (AvgIpc) is 2.63. The Morgan fingerprint density at radius 2 is 2.08 bits per heavy atom. The zero-order valence-electron chi connectivity index (χ0n) is 14.2. The van der Waals surface area contributed by atoms with E-state index in [9.17, 15) is 9.59 Å². The van der Waals surface area contributed by atoms with Gasteiger partial charge in [-0.25, -0.2) is 9.59 Å². The lowest BCUT2D eigenvalue weighted by atomic mass is 10.1. The summed E-state index contributed by atoms with van der Waals surface area (Å²) in [6.07, 6.45) is 3.43. The van der Waals surface area contributed by atoms with Crippen molar-refractivity contribution in [3.63, 3.8) is 0 Å². The van der Waals surface area contributed by atoms with Crippen LogP contribution in [-0.4, -0.2) is 29.8 Å². The highest BCUT2D eigenvalue weighted by molar-refractivity contribution is 5.96. The van der Waals surface area contributed by atoms with E-state index in [0.717, 1.165) is 29.7 Å². The second-order valence-corrected chi connectivity index (χ2v) is 5.71. The number of esters is 1. The predicted octanol–water partition coefficient (Wildman–Crippen LogP) is 4.20. The Kier molecular flexibility index (Phi) is 6.57. The maximum absolute atomic E-state index is 11.5. The van der Waals surface area contributed by atoms with E-state index in [1.54, 1.807) is 24.3 Å². The topological polar surface area (TPSA) is 72.8 Å². The maximum atomic E-state index is 11.5. The van der Waals surface area contributed by atoms with E-state index in [1.165, 1.54) is 0 Å². The molecule has 5 nitrogen and oxygen atoms in total. The van der Waals surface area contributed by atoms with Crippen LogP contribution in [0.5, 0.6) is 5.75 Å². The van der Waals surface area contributed by atoms with Gasteiger partial charge in [0.25, 0.3) is 0 Å². The van der Waals surface area contributed by atoms with Gasteiger partial charge in [0, 0.05) is 11.5 Å². The Bertz CT molecular complexity index is 766. The highest BCUT2D eigenvalue weighted by atomic mass is 16.6. The van der Waals surface area contributed by atoms with Gasteiger partial charge in [0.1, 0.15) is 18.5 Å². The molecular formula is C20H22O5. The molecule has 0 bridgehead atoms. The summed E-state index contributed by atoms with van der Waals surface area (Å²) in [7, 11) is 0. The highest BCUT2D eigenvalue weighted by Gasteiger charge is 2.14.